The maximum absolute atomic E-state index is 10.3. The van der Waals surface area contributed by atoms with E-state index < -0.39 is 5.97 Å². The number of nitrogens with zero attached hydrogens (tertiary/aromatic N) is 1. The zero-order chi connectivity index (χ0) is 9.68. The van der Waals surface area contributed by atoms with Gasteiger partial charge in [-0.25, -0.2) is 4.79 Å². The summed E-state index contributed by atoms with van der Waals surface area (Å²) in [5, 5.41) is 17.1. The molecular weight excluding hydrogens is 205 g/mol. The van der Waals surface area contributed by atoms with Gasteiger partial charge in [0, 0.05) is 6.08 Å². The van der Waals surface area contributed by atoms with Gasteiger partial charge in [-0.1, -0.05) is 30.3 Å². The van der Waals surface area contributed by atoms with E-state index in [-0.39, 0.29) is 57.0 Å². The number of carboxylic acid groups (broad SMARTS) is 1. The standard InChI is InChI=1S/C10H7NO2.K.H/c11-7-9(6-10(12)13)8-4-2-1-3-5-8;;/h1-6H,(H,12,13);;/b9-6+;;. The van der Waals surface area contributed by atoms with Crippen molar-refractivity contribution in [3.8, 4) is 6.07 Å². The number of hydrogen-bond donors (Lipinski definition) is 1. The molecule has 66 valence electrons. The summed E-state index contributed by atoms with van der Waals surface area (Å²) in [4.78, 5) is 10.3. The molecule has 1 aromatic rings. The van der Waals surface area contributed by atoms with Crippen molar-refractivity contribution in [2.45, 2.75) is 0 Å². The second kappa shape index (κ2) is 6.93. The van der Waals surface area contributed by atoms with E-state index in [4.69, 9.17) is 10.4 Å². The minimum atomic E-state index is -1.11. The van der Waals surface area contributed by atoms with Crippen LogP contribution in [0.25, 0.3) is 5.57 Å². The van der Waals surface area contributed by atoms with Crippen molar-refractivity contribution in [2.24, 2.45) is 0 Å². The summed E-state index contributed by atoms with van der Waals surface area (Å²) >= 11 is 0. The Bertz CT molecular complexity index is 379. The van der Waals surface area contributed by atoms with Gasteiger partial charge in [-0.2, -0.15) is 5.26 Å². The molecule has 3 nitrogen and oxygen atoms in total. The third-order valence-electron chi connectivity index (χ3n) is 1.47. The topological polar surface area (TPSA) is 61.1 Å². The summed E-state index contributed by atoms with van der Waals surface area (Å²) in [5.41, 5.74) is 0.778. The number of carboxylic acids is 1. The average molecular weight is 213 g/mol. The Hall–Kier alpha value is -0.444. The first kappa shape index (κ1) is 13.6. The SMILES string of the molecule is N#C/C(=C\C(=O)O)c1ccccc1.[KH]. The molecule has 1 aromatic carbocycles. The van der Waals surface area contributed by atoms with E-state index >= 15 is 0 Å². The summed E-state index contributed by atoms with van der Waals surface area (Å²) in [6.45, 7) is 0. The van der Waals surface area contributed by atoms with Crippen LogP contribution < -0.4 is 0 Å². The summed E-state index contributed by atoms with van der Waals surface area (Å²) in [6, 6.07) is 10.5. The number of carbonyl (C=O) groups is 1. The van der Waals surface area contributed by atoms with Gasteiger partial charge in [-0.05, 0) is 5.56 Å². The van der Waals surface area contributed by atoms with Gasteiger partial charge in [0.05, 0.1) is 5.57 Å². The Morgan fingerprint density at radius 3 is 2.36 bits per heavy atom. The molecule has 0 radical (unpaired) electrons. The molecule has 4 heteroatoms. The fraction of sp³-hybridized carbons (Fsp3) is 0. The fourth-order valence-electron chi connectivity index (χ4n) is 0.921. The van der Waals surface area contributed by atoms with E-state index in [9.17, 15) is 4.79 Å². The van der Waals surface area contributed by atoms with Crippen molar-refractivity contribution < 1.29 is 9.90 Å². The second-order valence-corrected chi connectivity index (χ2v) is 2.37. The van der Waals surface area contributed by atoms with Crippen molar-refractivity contribution in [3.63, 3.8) is 0 Å². The van der Waals surface area contributed by atoms with Crippen LogP contribution in [0.3, 0.4) is 0 Å². The molecule has 0 saturated carbocycles. The molecule has 0 heterocycles. The van der Waals surface area contributed by atoms with Gasteiger partial charge in [-0.15, -0.1) is 0 Å². The Kier molecular flexibility index (Phi) is 6.71. The number of aliphatic carboxylic acids is 1. The van der Waals surface area contributed by atoms with E-state index in [0.717, 1.165) is 6.08 Å². The summed E-state index contributed by atoms with van der Waals surface area (Å²) < 4.78 is 0. The first-order chi connectivity index (χ1) is 6.24. The molecule has 14 heavy (non-hydrogen) atoms. The van der Waals surface area contributed by atoms with Crippen molar-refractivity contribution in [2.75, 3.05) is 0 Å². The number of nitriles is 1. The van der Waals surface area contributed by atoms with Crippen LogP contribution >= 0.6 is 0 Å². The molecule has 1 rings (SSSR count). The molecule has 0 atom stereocenters. The Morgan fingerprint density at radius 1 is 1.36 bits per heavy atom. The van der Waals surface area contributed by atoms with Crippen LogP contribution in [-0.2, 0) is 4.79 Å². The molecule has 0 saturated heterocycles. The maximum atomic E-state index is 10.3. The minimum absolute atomic E-state index is 0. The number of allylic oxidation sites excluding steroid dienone is 1. The van der Waals surface area contributed by atoms with E-state index in [0.29, 0.717) is 5.56 Å². The zero-order valence-corrected chi connectivity index (χ0v) is 6.77. The van der Waals surface area contributed by atoms with Gasteiger partial charge in [0.1, 0.15) is 6.07 Å². The van der Waals surface area contributed by atoms with Gasteiger partial charge >= 0.3 is 57.4 Å². The molecule has 0 aromatic heterocycles. The monoisotopic (exact) mass is 213 g/mol. The van der Waals surface area contributed by atoms with E-state index in [2.05, 4.69) is 0 Å². The van der Waals surface area contributed by atoms with Crippen LogP contribution in [0.15, 0.2) is 36.4 Å². The van der Waals surface area contributed by atoms with Crippen molar-refractivity contribution in [1.29, 1.82) is 5.26 Å². The third-order valence-corrected chi connectivity index (χ3v) is 1.47. The first-order valence-electron chi connectivity index (χ1n) is 3.64. The molecule has 0 aliphatic rings. The Labute approximate surface area is 124 Å². The fourth-order valence-corrected chi connectivity index (χ4v) is 0.921. The molecule has 0 aliphatic carbocycles. The van der Waals surface area contributed by atoms with E-state index in [1.165, 1.54) is 0 Å². The molecule has 0 aliphatic heterocycles. The van der Waals surface area contributed by atoms with Crippen LogP contribution in [0.1, 0.15) is 5.56 Å². The predicted molar refractivity (Wildman–Crippen MR) is 54.8 cm³/mol. The molecule has 1 N–H and O–H groups in total. The Balaban J connectivity index is 0.00000169. The van der Waals surface area contributed by atoms with Crippen LogP contribution in [0.4, 0.5) is 0 Å². The number of hydrogen-bond acceptors (Lipinski definition) is 2. The second-order valence-electron chi connectivity index (χ2n) is 2.37. The molecule has 0 spiro atoms. The summed E-state index contributed by atoms with van der Waals surface area (Å²) in [6.07, 6.45) is 0.898. The van der Waals surface area contributed by atoms with E-state index in [1.807, 2.05) is 6.07 Å². The van der Waals surface area contributed by atoms with Gasteiger partial charge in [0.25, 0.3) is 0 Å². The quantitative estimate of drug-likeness (QED) is 0.453. The Morgan fingerprint density at radius 2 is 1.93 bits per heavy atom. The van der Waals surface area contributed by atoms with Crippen LogP contribution in [0, 0.1) is 11.3 Å². The van der Waals surface area contributed by atoms with E-state index in [1.54, 1.807) is 30.3 Å². The average Bonchev–Trinajstić information content (AvgIpc) is 2.15. The van der Waals surface area contributed by atoms with Crippen LogP contribution in [0.2, 0.25) is 0 Å². The predicted octanol–water partition coefficient (Wildman–Crippen LogP) is 1.03. The normalized spacial score (nSPS) is 9.79. The van der Waals surface area contributed by atoms with Crippen molar-refractivity contribution in [3.05, 3.63) is 42.0 Å². The summed E-state index contributed by atoms with van der Waals surface area (Å²) in [7, 11) is 0. The van der Waals surface area contributed by atoms with Gasteiger partial charge in [0.15, 0.2) is 0 Å². The van der Waals surface area contributed by atoms with Crippen LogP contribution in [0.5, 0.6) is 0 Å². The van der Waals surface area contributed by atoms with Crippen molar-refractivity contribution in [1.82, 2.24) is 0 Å². The first-order valence-corrected chi connectivity index (χ1v) is 3.64. The number of rotatable bonds is 2. The molecule has 0 bridgehead atoms. The van der Waals surface area contributed by atoms with Gasteiger partial charge in [0.2, 0.25) is 0 Å². The van der Waals surface area contributed by atoms with Crippen LogP contribution in [-0.4, -0.2) is 62.5 Å². The van der Waals surface area contributed by atoms with Crippen molar-refractivity contribution >= 4 is 62.9 Å². The summed E-state index contributed by atoms with van der Waals surface area (Å²) in [5.74, 6) is -1.11. The van der Waals surface area contributed by atoms with Gasteiger partial charge in [-0.3, -0.25) is 0 Å². The molecule has 0 fully saturated rings. The third kappa shape index (κ3) is 4.18. The number of benzene rings is 1. The van der Waals surface area contributed by atoms with Gasteiger partial charge < -0.3 is 5.11 Å². The zero-order valence-electron chi connectivity index (χ0n) is 6.77. The molecule has 0 unspecified atom stereocenters. The molecular formula is C10H8KNO2. The molecule has 0 amide bonds.